The predicted octanol–water partition coefficient (Wildman–Crippen LogP) is 14.4. The minimum Gasteiger partial charge on any atom is -0.454 e. The molecule has 3 aromatic heterocycles. The molecule has 0 aliphatic heterocycles. The van der Waals surface area contributed by atoms with Crippen molar-refractivity contribution in [3.05, 3.63) is 188 Å². The van der Waals surface area contributed by atoms with Crippen molar-refractivity contribution >= 4 is 81.5 Å². The van der Waals surface area contributed by atoms with E-state index in [1.165, 1.54) is 20.2 Å². The van der Waals surface area contributed by atoms with Gasteiger partial charge in [-0.15, -0.1) is 11.3 Å². The summed E-state index contributed by atoms with van der Waals surface area (Å²) in [6.07, 6.45) is 0. The minimum atomic E-state index is 0.790. The molecule has 0 N–H and O–H groups in total. The van der Waals surface area contributed by atoms with E-state index >= 15 is 0 Å². The number of rotatable bonds is 6. The number of anilines is 3. The molecule has 3 heterocycles. The maximum atomic E-state index is 6.93. The van der Waals surface area contributed by atoms with E-state index in [2.05, 4.69) is 157 Å². The fourth-order valence-electron chi connectivity index (χ4n) is 7.91. The zero-order valence-corrected chi connectivity index (χ0v) is 30.4. The monoisotopic (exact) mass is 721 g/mol. The van der Waals surface area contributed by atoms with E-state index in [0.717, 1.165) is 83.7 Å². The Morgan fingerprint density at radius 3 is 1.93 bits per heavy atom. The molecule has 0 bridgehead atoms. The van der Waals surface area contributed by atoms with E-state index in [9.17, 15) is 0 Å². The maximum Gasteiger partial charge on any atom is 0.160 e. The average Bonchev–Trinajstić information content (AvgIpc) is 3.83. The van der Waals surface area contributed by atoms with Crippen molar-refractivity contribution < 1.29 is 4.42 Å². The van der Waals surface area contributed by atoms with Gasteiger partial charge in [-0.2, -0.15) is 0 Å². The van der Waals surface area contributed by atoms with E-state index in [1.807, 2.05) is 47.7 Å². The van der Waals surface area contributed by atoms with Crippen LogP contribution in [0.15, 0.2) is 192 Å². The quantitative estimate of drug-likeness (QED) is 0.171. The van der Waals surface area contributed by atoms with Gasteiger partial charge in [0, 0.05) is 53.4 Å². The van der Waals surface area contributed by atoms with Gasteiger partial charge in [-0.05, 0) is 77.9 Å². The number of benzene rings is 8. The van der Waals surface area contributed by atoms with E-state index in [-0.39, 0.29) is 0 Å². The third-order valence-corrected chi connectivity index (χ3v) is 11.6. The van der Waals surface area contributed by atoms with Gasteiger partial charge >= 0.3 is 0 Å². The number of furan rings is 1. The molecule has 0 amide bonds. The van der Waals surface area contributed by atoms with Crippen molar-refractivity contribution in [2.75, 3.05) is 4.90 Å². The van der Waals surface area contributed by atoms with E-state index in [0.29, 0.717) is 0 Å². The molecule has 0 radical (unpaired) electrons. The summed E-state index contributed by atoms with van der Waals surface area (Å²) in [4.78, 5) is 13.0. The number of para-hydroxylation sites is 4. The smallest absolute Gasteiger partial charge is 0.160 e. The van der Waals surface area contributed by atoms with Crippen molar-refractivity contribution in [1.29, 1.82) is 0 Å². The topological polar surface area (TPSA) is 42.2 Å². The number of fused-ring (bicyclic) bond motifs is 7. The lowest BCUT2D eigenvalue weighted by Crippen LogP contribution is -2.10. The summed E-state index contributed by atoms with van der Waals surface area (Å²) in [6.45, 7) is 0. The van der Waals surface area contributed by atoms with Gasteiger partial charge in [0.25, 0.3) is 0 Å². The number of hydrogen-bond donors (Lipinski definition) is 0. The highest BCUT2D eigenvalue weighted by molar-refractivity contribution is 7.25. The molecule has 11 aromatic rings. The van der Waals surface area contributed by atoms with Crippen LogP contribution in [-0.2, 0) is 0 Å². The van der Waals surface area contributed by atoms with E-state index < -0.39 is 0 Å². The van der Waals surface area contributed by atoms with Gasteiger partial charge in [0.15, 0.2) is 5.58 Å². The fraction of sp³-hybridized carbons (Fsp3) is 0. The molecule has 0 spiro atoms. The molecular formula is C50H31N3OS. The molecule has 0 saturated carbocycles. The molecular weight excluding hydrogens is 691 g/mol. The van der Waals surface area contributed by atoms with Crippen LogP contribution < -0.4 is 4.90 Å². The van der Waals surface area contributed by atoms with Crippen molar-refractivity contribution in [3.63, 3.8) is 0 Å². The summed E-state index contributed by atoms with van der Waals surface area (Å²) in [5, 5.41) is 4.58. The normalized spacial score (nSPS) is 11.6. The van der Waals surface area contributed by atoms with Crippen molar-refractivity contribution in [2.24, 2.45) is 0 Å². The van der Waals surface area contributed by atoms with Gasteiger partial charge in [-0.1, -0.05) is 121 Å². The highest BCUT2D eigenvalue weighted by atomic mass is 32.1. The van der Waals surface area contributed by atoms with E-state index in [1.54, 1.807) is 0 Å². The van der Waals surface area contributed by atoms with Gasteiger partial charge < -0.3 is 9.32 Å². The van der Waals surface area contributed by atoms with Crippen molar-refractivity contribution in [2.45, 2.75) is 0 Å². The number of thiophene rings is 1. The minimum absolute atomic E-state index is 0.790. The Hall–Kier alpha value is -7.08. The van der Waals surface area contributed by atoms with Crippen molar-refractivity contribution in [1.82, 2.24) is 9.97 Å². The summed E-state index contributed by atoms with van der Waals surface area (Å²) >= 11 is 1.83. The SMILES string of the molecule is c1ccc(-c2cccc(-c3nc4ccccc4nc3-c3ccc(N(c4ccccc4)c4ccc5c(c4)sc4ccccc45)c4oc5ccccc5c34)c2)cc1. The van der Waals surface area contributed by atoms with Crippen LogP contribution >= 0.6 is 11.3 Å². The first-order valence-electron chi connectivity index (χ1n) is 18.4. The molecule has 0 unspecified atom stereocenters. The summed E-state index contributed by atoms with van der Waals surface area (Å²) < 4.78 is 9.45. The third kappa shape index (κ3) is 5.28. The Kier molecular flexibility index (Phi) is 7.32. The number of nitrogens with zero attached hydrogens (tertiary/aromatic N) is 3. The lowest BCUT2D eigenvalue weighted by atomic mass is 9.96. The first-order valence-corrected chi connectivity index (χ1v) is 19.2. The maximum absolute atomic E-state index is 6.93. The van der Waals surface area contributed by atoms with Crippen molar-refractivity contribution in [3.8, 4) is 33.6 Å². The van der Waals surface area contributed by atoms with Gasteiger partial charge in [-0.3, -0.25) is 0 Å². The predicted molar refractivity (Wildman–Crippen MR) is 231 cm³/mol. The van der Waals surface area contributed by atoms with Crippen LogP contribution in [0.3, 0.4) is 0 Å². The van der Waals surface area contributed by atoms with Gasteiger partial charge in [-0.25, -0.2) is 9.97 Å². The zero-order valence-electron chi connectivity index (χ0n) is 29.6. The largest absolute Gasteiger partial charge is 0.454 e. The molecule has 11 rings (SSSR count). The second-order valence-electron chi connectivity index (χ2n) is 13.7. The van der Waals surface area contributed by atoms with E-state index in [4.69, 9.17) is 14.4 Å². The third-order valence-electron chi connectivity index (χ3n) is 10.4. The highest BCUT2D eigenvalue weighted by Crippen LogP contribution is 2.48. The van der Waals surface area contributed by atoms with Crippen LogP contribution in [0.1, 0.15) is 0 Å². The average molecular weight is 722 g/mol. The highest BCUT2D eigenvalue weighted by Gasteiger charge is 2.25. The Morgan fingerprint density at radius 2 is 1.09 bits per heavy atom. The molecule has 0 atom stereocenters. The van der Waals surface area contributed by atoms with Gasteiger partial charge in [0.1, 0.15) is 5.58 Å². The lowest BCUT2D eigenvalue weighted by molar-refractivity contribution is 0.669. The Balaban J connectivity index is 1.18. The standard InChI is InChI=1S/C50H31N3OS/c1-3-14-32(15-4-1)33-16-13-17-34(30-33)48-49(52-42-23-10-9-22-41(42)51-48)40-28-29-43(50-47(40)39-21-7-11-24-44(39)54-50)53(35-18-5-2-6-19-35)36-26-27-38-37-20-8-12-25-45(37)55-46(38)31-36/h1-31H. The Labute approximate surface area is 321 Å². The first-order chi connectivity index (χ1) is 27.3. The van der Waals surface area contributed by atoms with Gasteiger partial charge in [0.05, 0.1) is 28.1 Å². The summed E-state index contributed by atoms with van der Waals surface area (Å²) in [7, 11) is 0. The van der Waals surface area contributed by atoms with Gasteiger partial charge in [0.2, 0.25) is 0 Å². The summed E-state index contributed by atoms with van der Waals surface area (Å²) in [5.41, 5.74) is 12.2. The second kappa shape index (κ2) is 12.8. The Bertz CT molecular complexity index is 3220. The second-order valence-corrected chi connectivity index (χ2v) is 14.8. The first kappa shape index (κ1) is 31.4. The molecule has 55 heavy (non-hydrogen) atoms. The number of hydrogen-bond acceptors (Lipinski definition) is 5. The fourth-order valence-corrected chi connectivity index (χ4v) is 9.05. The van der Waals surface area contributed by atoms with Crippen LogP contribution in [0.5, 0.6) is 0 Å². The molecule has 0 fully saturated rings. The molecule has 4 nitrogen and oxygen atoms in total. The zero-order chi connectivity index (χ0) is 36.3. The molecule has 258 valence electrons. The van der Waals surface area contributed by atoms with Crippen LogP contribution in [-0.4, -0.2) is 9.97 Å². The van der Waals surface area contributed by atoms with Crippen LogP contribution in [0.2, 0.25) is 0 Å². The van der Waals surface area contributed by atoms with Crippen LogP contribution in [0.4, 0.5) is 17.1 Å². The summed E-state index contributed by atoms with van der Waals surface area (Å²) in [6, 6.07) is 65.9. The molecule has 0 aliphatic carbocycles. The molecule has 8 aromatic carbocycles. The molecule has 0 saturated heterocycles. The number of aromatic nitrogens is 2. The Morgan fingerprint density at radius 1 is 0.436 bits per heavy atom. The lowest BCUT2D eigenvalue weighted by Gasteiger charge is -2.26. The molecule has 5 heteroatoms. The summed E-state index contributed by atoms with van der Waals surface area (Å²) in [5.74, 6) is 0. The van der Waals surface area contributed by atoms with Crippen LogP contribution in [0, 0.1) is 0 Å². The molecule has 0 aliphatic rings. The van der Waals surface area contributed by atoms with Crippen LogP contribution in [0.25, 0.3) is 86.8 Å².